The average molecular weight is 417 g/mol. The van der Waals surface area contributed by atoms with Gasteiger partial charge in [-0.15, -0.1) is 0 Å². The Morgan fingerprint density at radius 1 is 1.00 bits per heavy atom. The molecule has 6 nitrogen and oxygen atoms in total. The fourth-order valence-electron chi connectivity index (χ4n) is 2.70. The summed E-state index contributed by atoms with van der Waals surface area (Å²) in [6, 6.07) is 12.6. The SMILES string of the molecule is CCC(C)C(NC(=O)c1ccc(Cl)cc1)C(=O)NCc1ccc(C(=O)OC)cc1. The van der Waals surface area contributed by atoms with Crippen LogP contribution in [0.25, 0.3) is 0 Å². The van der Waals surface area contributed by atoms with Crippen molar-refractivity contribution < 1.29 is 19.1 Å². The molecule has 0 aliphatic heterocycles. The van der Waals surface area contributed by atoms with E-state index < -0.39 is 12.0 Å². The Kier molecular flexibility index (Phi) is 8.21. The maximum Gasteiger partial charge on any atom is 0.337 e. The van der Waals surface area contributed by atoms with Gasteiger partial charge in [0.05, 0.1) is 12.7 Å². The number of hydrogen-bond acceptors (Lipinski definition) is 4. The molecule has 0 spiro atoms. The van der Waals surface area contributed by atoms with Gasteiger partial charge in [0.2, 0.25) is 5.91 Å². The minimum Gasteiger partial charge on any atom is -0.465 e. The zero-order valence-electron chi connectivity index (χ0n) is 16.7. The summed E-state index contributed by atoms with van der Waals surface area (Å²) >= 11 is 5.86. The van der Waals surface area contributed by atoms with Crippen LogP contribution in [0.2, 0.25) is 5.02 Å². The molecule has 2 rings (SSSR count). The number of ether oxygens (including phenoxy) is 1. The molecule has 154 valence electrons. The van der Waals surface area contributed by atoms with E-state index in [-0.39, 0.29) is 24.3 Å². The summed E-state index contributed by atoms with van der Waals surface area (Å²) in [5, 5.41) is 6.21. The van der Waals surface area contributed by atoms with E-state index in [4.69, 9.17) is 11.6 Å². The van der Waals surface area contributed by atoms with Crippen molar-refractivity contribution in [1.29, 1.82) is 0 Å². The lowest BCUT2D eigenvalue weighted by Gasteiger charge is -2.23. The smallest absolute Gasteiger partial charge is 0.337 e. The Balaban J connectivity index is 2.02. The number of rotatable bonds is 8. The van der Waals surface area contributed by atoms with Crippen molar-refractivity contribution in [2.45, 2.75) is 32.9 Å². The second kappa shape index (κ2) is 10.6. The molecule has 7 heteroatoms. The van der Waals surface area contributed by atoms with E-state index in [1.165, 1.54) is 7.11 Å². The molecular formula is C22H25ClN2O4. The maximum absolute atomic E-state index is 12.7. The number of nitrogens with one attached hydrogen (secondary N) is 2. The van der Waals surface area contributed by atoms with Crippen molar-refractivity contribution in [2.75, 3.05) is 7.11 Å². The maximum atomic E-state index is 12.7. The summed E-state index contributed by atoms with van der Waals surface area (Å²) < 4.78 is 4.67. The zero-order valence-corrected chi connectivity index (χ0v) is 17.5. The minimum atomic E-state index is -0.669. The van der Waals surface area contributed by atoms with E-state index in [0.29, 0.717) is 16.1 Å². The summed E-state index contributed by atoms with van der Waals surface area (Å²) in [6.07, 6.45) is 0.729. The molecule has 0 saturated heterocycles. The highest BCUT2D eigenvalue weighted by atomic mass is 35.5. The van der Waals surface area contributed by atoms with Crippen LogP contribution < -0.4 is 10.6 Å². The molecule has 2 aromatic carbocycles. The topological polar surface area (TPSA) is 84.5 Å². The minimum absolute atomic E-state index is 0.0482. The predicted molar refractivity (Wildman–Crippen MR) is 112 cm³/mol. The molecular weight excluding hydrogens is 392 g/mol. The quantitative estimate of drug-likeness (QED) is 0.644. The van der Waals surface area contributed by atoms with Crippen LogP contribution in [-0.4, -0.2) is 30.9 Å². The molecule has 0 saturated carbocycles. The molecule has 2 amide bonds. The van der Waals surface area contributed by atoms with Crippen LogP contribution in [0, 0.1) is 5.92 Å². The molecule has 2 unspecified atom stereocenters. The van der Waals surface area contributed by atoms with Crippen LogP contribution in [0.4, 0.5) is 0 Å². The molecule has 2 N–H and O–H groups in total. The second-order valence-corrected chi connectivity index (χ2v) is 7.19. The monoisotopic (exact) mass is 416 g/mol. The average Bonchev–Trinajstić information content (AvgIpc) is 2.75. The summed E-state index contributed by atoms with van der Waals surface area (Å²) in [5.41, 5.74) is 1.71. The number of benzene rings is 2. The Hall–Kier alpha value is -2.86. The van der Waals surface area contributed by atoms with Gasteiger partial charge < -0.3 is 15.4 Å². The van der Waals surface area contributed by atoms with E-state index >= 15 is 0 Å². The zero-order chi connectivity index (χ0) is 21.4. The summed E-state index contributed by atoms with van der Waals surface area (Å²) in [7, 11) is 1.32. The van der Waals surface area contributed by atoms with Crippen LogP contribution in [0.1, 0.15) is 46.5 Å². The molecule has 0 aliphatic carbocycles. The first-order valence-corrected chi connectivity index (χ1v) is 9.74. The number of halogens is 1. The van der Waals surface area contributed by atoms with Crippen LogP contribution in [-0.2, 0) is 16.1 Å². The molecule has 0 radical (unpaired) electrons. The first-order valence-electron chi connectivity index (χ1n) is 9.37. The largest absolute Gasteiger partial charge is 0.465 e. The van der Waals surface area contributed by atoms with Gasteiger partial charge in [-0.3, -0.25) is 9.59 Å². The summed E-state index contributed by atoms with van der Waals surface area (Å²) in [5.74, 6) is -1.06. The molecule has 0 aliphatic rings. The lowest BCUT2D eigenvalue weighted by Crippen LogP contribution is -2.50. The Labute approximate surface area is 175 Å². The normalized spacial score (nSPS) is 12.6. The van der Waals surface area contributed by atoms with Crippen LogP contribution in [0.3, 0.4) is 0 Å². The van der Waals surface area contributed by atoms with Gasteiger partial charge in [0.15, 0.2) is 0 Å². The highest BCUT2D eigenvalue weighted by Crippen LogP contribution is 2.13. The van der Waals surface area contributed by atoms with Crippen LogP contribution >= 0.6 is 11.6 Å². The van der Waals surface area contributed by atoms with E-state index in [2.05, 4.69) is 15.4 Å². The van der Waals surface area contributed by atoms with E-state index in [9.17, 15) is 14.4 Å². The number of methoxy groups -OCH3 is 1. The third-order valence-electron chi connectivity index (χ3n) is 4.73. The predicted octanol–water partition coefficient (Wildman–Crippen LogP) is 3.59. The van der Waals surface area contributed by atoms with E-state index in [1.54, 1.807) is 48.5 Å². The summed E-state index contributed by atoms with van der Waals surface area (Å²) in [4.78, 5) is 36.7. The lowest BCUT2D eigenvalue weighted by molar-refractivity contribution is -0.124. The van der Waals surface area contributed by atoms with Crippen LogP contribution in [0.5, 0.6) is 0 Å². The number of amides is 2. The fourth-order valence-corrected chi connectivity index (χ4v) is 2.83. The van der Waals surface area contributed by atoms with Crippen molar-refractivity contribution in [3.8, 4) is 0 Å². The highest BCUT2D eigenvalue weighted by Gasteiger charge is 2.26. The number of esters is 1. The Morgan fingerprint density at radius 3 is 2.14 bits per heavy atom. The second-order valence-electron chi connectivity index (χ2n) is 6.75. The number of carbonyl (C=O) groups is 3. The van der Waals surface area contributed by atoms with Crippen molar-refractivity contribution in [1.82, 2.24) is 10.6 Å². The lowest BCUT2D eigenvalue weighted by atomic mass is 9.97. The highest BCUT2D eigenvalue weighted by molar-refractivity contribution is 6.30. The van der Waals surface area contributed by atoms with Gasteiger partial charge in [-0.25, -0.2) is 4.79 Å². The molecule has 0 aromatic heterocycles. The van der Waals surface area contributed by atoms with Crippen molar-refractivity contribution >= 4 is 29.4 Å². The van der Waals surface area contributed by atoms with E-state index in [0.717, 1.165) is 12.0 Å². The third kappa shape index (κ3) is 6.32. The summed E-state index contributed by atoms with van der Waals surface area (Å²) in [6.45, 7) is 4.16. The van der Waals surface area contributed by atoms with Gasteiger partial charge in [-0.2, -0.15) is 0 Å². The van der Waals surface area contributed by atoms with Gasteiger partial charge in [0.25, 0.3) is 5.91 Å². The van der Waals surface area contributed by atoms with E-state index in [1.807, 2.05) is 13.8 Å². The molecule has 29 heavy (non-hydrogen) atoms. The van der Waals surface area contributed by atoms with Gasteiger partial charge in [0.1, 0.15) is 6.04 Å². The first-order chi connectivity index (χ1) is 13.8. The molecule has 2 aromatic rings. The van der Waals surface area contributed by atoms with Crippen molar-refractivity contribution in [2.24, 2.45) is 5.92 Å². The Morgan fingerprint density at radius 2 is 1.59 bits per heavy atom. The third-order valence-corrected chi connectivity index (χ3v) is 4.98. The van der Waals surface area contributed by atoms with Crippen molar-refractivity contribution in [3.05, 3.63) is 70.2 Å². The fraction of sp³-hybridized carbons (Fsp3) is 0.318. The number of hydrogen-bond donors (Lipinski definition) is 2. The first kappa shape index (κ1) is 22.4. The van der Waals surface area contributed by atoms with Gasteiger partial charge in [0, 0.05) is 17.1 Å². The van der Waals surface area contributed by atoms with Crippen LogP contribution in [0.15, 0.2) is 48.5 Å². The molecule has 0 heterocycles. The molecule has 2 atom stereocenters. The van der Waals surface area contributed by atoms with Gasteiger partial charge >= 0.3 is 5.97 Å². The number of carbonyl (C=O) groups excluding carboxylic acids is 3. The van der Waals surface area contributed by atoms with Gasteiger partial charge in [-0.05, 0) is 47.9 Å². The van der Waals surface area contributed by atoms with Crippen molar-refractivity contribution in [3.63, 3.8) is 0 Å². The molecule has 0 fully saturated rings. The standard InChI is InChI=1S/C22H25ClN2O4/c1-4-14(2)19(25-20(26)16-9-11-18(23)12-10-16)21(27)24-13-15-5-7-17(8-6-15)22(28)29-3/h5-12,14,19H,4,13H2,1-3H3,(H,24,27)(H,25,26). The molecule has 0 bridgehead atoms. The van der Waals surface area contributed by atoms with Gasteiger partial charge in [-0.1, -0.05) is 44.0 Å². The Bertz CT molecular complexity index is 850.